The van der Waals surface area contributed by atoms with Crippen LogP contribution >= 0.6 is 13.5 Å². The van der Waals surface area contributed by atoms with Crippen molar-refractivity contribution in [1.29, 1.82) is 0 Å². The van der Waals surface area contributed by atoms with E-state index in [0.717, 1.165) is 12.8 Å². The molecule has 0 bridgehead atoms. The third-order valence-corrected chi connectivity index (χ3v) is 3.99. The maximum absolute atomic E-state index is 10.3. The van der Waals surface area contributed by atoms with Gasteiger partial charge < -0.3 is 16.1 Å². The molecule has 0 aliphatic carbocycles. The molecule has 3 N–H and O–H groups in total. The van der Waals surface area contributed by atoms with E-state index in [2.05, 4.69) is 6.92 Å². The Labute approximate surface area is 169 Å². The van der Waals surface area contributed by atoms with Crippen molar-refractivity contribution in [2.75, 3.05) is 0 Å². The molecule has 24 heavy (non-hydrogen) atoms. The van der Waals surface area contributed by atoms with Crippen molar-refractivity contribution in [3.8, 4) is 0 Å². The van der Waals surface area contributed by atoms with Crippen LogP contribution < -0.4 is 0 Å². The predicted molar refractivity (Wildman–Crippen MR) is 102 cm³/mol. The van der Waals surface area contributed by atoms with Crippen molar-refractivity contribution in [3.05, 3.63) is 0 Å². The Morgan fingerprint density at radius 2 is 0.917 bits per heavy atom. The van der Waals surface area contributed by atoms with Crippen LogP contribution in [-0.4, -0.2) is 16.6 Å². The molecule has 0 unspecified atom stereocenters. The number of aliphatic carboxylic acids is 1. The molecule has 4 nitrogen and oxygen atoms in total. The molecule has 0 aromatic rings. The van der Waals surface area contributed by atoms with Gasteiger partial charge in [-0.05, 0) is 6.42 Å². The third kappa shape index (κ3) is 33.9. The minimum Gasteiger partial charge on any atom is -2.00 e. The fourth-order valence-corrected chi connectivity index (χ4v) is 2.65. The summed E-state index contributed by atoms with van der Waals surface area (Å²) in [5, 5.41) is 8.52. The second-order valence-electron chi connectivity index (χ2n) is 6.09. The fraction of sp³-hybridized carbons (Fsp3) is 0.944. The molecule has 0 aromatic carbocycles. The van der Waals surface area contributed by atoms with Gasteiger partial charge in [-0.1, -0.05) is 96.8 Å². The van der Waals surface area contributed by atoms with E-state index >= 15 is 0 Å². The Morgan fingerprint density at radius 1 is 0.667 bits per heavy atom. The van der Waals surface area contributed by atoms with E-state index < -0.39 is 5.97 Å². The van der Waals surface area contributed by atoms with Gasteiger partial charge in [-0.25, -0.2) is 0 Å². The third-order valence-electron chi connectivity index (χ3n) is 3.99. The van der Waals surface area contributed by atoms with Crippen LogP contribution in [0, 0.1) is 0 Å². The monoisotopic (exact) mass is 416 g/mol. The summed E-state index contributed by atoms with van der Waals surface area (Å²) >= 11 is 0. The smallest absolute Gasteiger partial charge is 2.00 e. The molecule has 0 aromatic heterocycles. The van der Waals surface area contributed by atoms with E-state index in [9.17, 15) is 4.79 Å². The molecule has 0 saturated heterocycles. The summed E-state index contributed by atoms with van der Waals surface area (Å²) in [6, 6.07) is 0. The van der Waals surface area contributed by atoms with Crippen molar-refractivity contribution in [1.82, 2.24) is 0 Å². The minimum absolute atomic E-state index is 0. The van der Waals surface area contributed by atoms with Crippen molar-refractivity contribution < 1.29 is 40.3 Å². The number of hydrogen-bond acceptors (Lipinski definition) is 1. The number of carboxylic acids is 1. The van der Waals surface area contributed by atoms with Crippen molar-refractivity contribution in [2.24, 2.45) is 0 Å². The zero-order chi connectivity index (χ0) is 14.9. The first-order chi connectivity index (χ1) is 9.77. The number of rotatable bonds is 16. The van der Waals surface area contributed by atoms with Crippen molar-refractivity contribution in [2.45, 2.75) is 110 Å². The molecular formula is C18H40O4SZn. The Bertz CT molecular complexity index is 219. The molecular weight excluding hydrogens is 378 g/mol. The summed E-state index contributed by atoms with van der Waals surface area (Å²) in [7, 11) is 0. The largest absolute Gasteiger partial charge is 2.00 e. The molecule has 0 radical (unpaired) electrons. The van der Waals surface area contributed by atoms with Gasteiger partial charge in [0.2, 0.25) is 0 Å². The van der Waals surface area contributed by atoms with Gasteiger partial charge in [-0.3, -0.25) is 4.79 Å². The van der Waals surface area contributed by atoms with E-state index in [0.29, 0.717) is 6.42 Å². The maximum atomic E-state index is 10.3. The summed E-state index contributed by atoms with van der Waals surface area (Å²) < 4.78 is 0. The second-order valence-corrected chi connectivity index (χ2v) is 6.09. The standard InChI is InChI=1S/C18H36O2.H2O.O.H2S.Zn/c1-2-3-4-5-6-7-8-9-10-11-12-13-14-15-16-17-18(19)20;;;;/h2-17H2,1H3,(H,19,20);1H2;;1H2;/q;;-2;;+2. The molecule has 0 saturated carbocycles. The molecule has 0 aliphatic rings. The molecule has 0 heterocycles. The van der Waals surface area contributed by atoms with Gasteiger partial charge >= 0.3 is 25.4 Å². The zero-order valence-corrected chi connectivity index (χ0v) is 19.8. The Kier molecular flexibility index (Phi) is 46.1. The maximum Gasteiger partial charge on any atom is 2.00 e. The van der Waals surface area contributed by atoms with Crippen LogP contribution in [0.15, 0.2) is 0 Å². The Hall–Kier alpha value is 0.363. The van der Waals surface area contributed by atoms with Gasteiger partial charge in [0.1, 0.15) is 0 Å². The van der Waals surface area contributed by atoms with Crippen LogP contribution in [0.1, 0.15) is 110 Å². The number of hydrogen-bond donors (Lipinski definition) is 1. The Balaban J connectivity index is -0.000000301. The van der Waals surface area contributed by atoms with Gasteiger partial charge in [-0.15, -0.1) is 0 Å². The van der Waals surface area contributed by atoms with Crippen LogP contribution in [0.4, 0.5) is 0 Å². The van der Waals surface area contributed by atoms with Gasteiger partial charge in [-0.2, -0.15) is 13.5 Å². The topological polar surface area (TPSA) is 97.3 Å². The van der Waals surface area contributed by atoms with Crippen LogP contribution in [-0.2, 0) is 29.7 Å². The first-order valence-electron chi connectivity index (χ1n) is 8.99. The first-order valence-corrected chi connectivity index (χ1v) is 8.99. The summed E-state index contributed by atoms with van der Waals surface area (Å²) in [6.45, 7) is 2.27. The normalized spacial score (nSPS) is 9.04. The van der Waals surface area contributed by atoms with Crippen LogP contribution in [0.2, 0.25) is 0 Å². The van der Waals surface area contributed by atoms with Crippen molar-refractivity contribution >= 4 is 19.5 Å². The van der Waals surface area contributed by atoms with Gasteiger partial charge in [0.15, 0.2) is 0 Å². The minimum atomic E-state index is -0.653. The van der Waals surface area contributed by atoms with Crippen LogP contribution in [0.25, 0.3) is 0 Å². The second kappa shape index (κ2) is 31.2. The van der Waals surface area contributed by atoms with E-state index in [-0.39, 0.29) is 43.9 Å². The molecule has 6 heteroatoms. The molecule has 0 rings (SSSR count). The fourth-order valence-electron chi connectivity index (χ4n) is 2.65. The zero-order valence-electron chi connectivity index (χ0n) is 15.8. The first kappa shape index (κ1) is 35.5. The summed E-state index contributed by atoms with van der Waals surface area (Å²) in [5.41, 5.74) is 0. The quantitative estimate of drug-likeness (QED) is 0.265. The van der Waals surface area contributed by atoms with Crippen molar-refractivity contribution in [3.63, 3.8) is 0 Å². The average molecular weight is 418 g/mol. The molecule has 0 amide bonds. The van der Waals surface area contributed by atoms with Crippen LogP contribution in [0.5, 0.6) is 0 Å². The van der Waals surface area contributed by atoms with E-state index in [4.69, 9.17) is 5.11 Å². The summed E-state index contributed by atoms with van der Waals surface area (Å²) in [6.07, 6.45) is 20.2. The van der Waals surface area contributed by atoms with Gasteiger partial charge in [0.25, 0.3) is 0 Å². The van der Waals surface area contributed by atoms with Crippen LogP contribution in [0.3, 0.4) is 0 Å². The molecule has 0 aliphatic heterocycles. The number of carbonyl (C=O) groups is 1. The molecule has 0 fully saturated rings. The average Bonchev–Trinajstić information content (AvgIpc) is 2.43. The van der Waals surface area contributed by atoms with Gasteiger partial charge in [0, 0.05) is 6.42 Å². The SMILES string of the molecule is CCCCCCCCCCCCCCCCCC(=O)O.O.S.[O-2].[Zn+2]. The Morgan fingerprint density at radius 3 is 1.17 bits per heavy atom. The predicted octanol–water partition coefficient (Wildman–Crippen LogP) is 5.50. The van der Waals surface area contributed by atoms with E-state index in [1.807, 2.05) is 0 Å². The summed E-state index contributed by atoms with van der Waals surface area (Å²) in [4.78, 5) is 10.3. The van der Waals surface area contributed by atoms with E-state index in [1.165, 1.54) is 83.5 Å². The molecule has 0 atom stereocenters. The molecule has 0 spiro atoms. The summed E-state index contributed by atoms with van der Waals surface area (Å²) in [5.74, 6) is -0.653. The van der Waals surface area contributed by atoms with E-state index in [1.54, 1.807) is 0 Å². The van der Waals surface area contributed by atoms with Gasteiger partial charge in [0.05, 0.1) is 0 Å². The molecule has 144 valence electrons. The number of unbranched alkanes of at least 4 members (excludes halogenated alkanes) is 14. The number of carboxylic acid groups (broad SMARTS) is 1.